The second-order valence-corrected chi connectivity index (χ2v) is 14.9. The second-order valence-electron chi connectivity index (χ2n) is 12.8. The van der Waals surface area contributed by atoms with Crippen LogP contribution >= 0.6 is 22.7 Å². The van der Waals surface area contributed by atoms with Crippen LogP contribution in [0.25, 0.3) is 62.9 Å². The van der Waals surface area contributed by atoms with Gasteiger partial charge in [-0.25, -0.2) is 9.13 Å². The van der Waals surface area contributed by atoms with Crippen molar-refractivity contribution < 1.29 is 9.13 Å². The Morgan fingerprint density at radius 1 is 0.429 bits per heavy atom. The van der Waals surface area contributed by atoms with Gasteiger partial charge >= 0.3 is 0 Å². The fraction of sp³-hybridized carbons (Fsp3) is 0.0909. The van der Waals surface area contributed by atoms with Crippen molar-refractivity contribution in [2.45, 2.75) is 13.8 Å². The molecule has 0 bridgehead atoms. The van der Waals surface area contributed by atoms with Crippen molar-refractivity contribution in [2.24, 2.45) is 14.1 Å². The first-order valence-electron chi connectivity index (χ1n) is 16.7. The number of thiophene rings is 2. The lowest BCUT2D eigenvalue weighted by molar-refractivity contribution is -0.656. The molecule has 49 heavy (non-hydrogen) atoms. The van der Waals surface area contributed by atoms with Crippen molar-refractivity contribution in [1.29, 1.82) is 0 Å². The third-order valence-corrected chi connectivity index (χ3v) is 12.3. The monoisotopic (exact) mass is 669 g/mol. The van der Waals surface area contributed by atoms with E-state index in [2.05, 4.69) is 182 Å². The number of hydrogen-bond donors (Lipinski definition) is 0. The molecular formula is C44H35N3S2+2. The lowest BCUT2D eigenvalue weighted by atomic mass is 10.0. The van der Waals surface area contributed by atoms with E-state index in [0.29, 0.717) is 0 Å². The number of aryl methyl sites for hydroxylation is 2. The van der Waals surface area contributed by atoms with Crippen LogP contribution in [-0.2, 0) is 14.1 Å². The smallest absolute Gasteiger partial charge is 0.229 e. The Morgan fingerprint density at radius 3 is 1.37 bits per heavy atom. The molecule has 0 spiro atoms. The number of nitrogens with zero attached hydrogens (tertiary/aromatic N) is 3. The van der Waals surface area contributed by atoms with Crippen LogP contribution < -0.4 is 14.0 Å². The van der Waals surface area contributed by atoms with Crippen molar-refractivity contribution >= 4 is 80.3 Å². The van der Waals surface area contributed by atoms with E-state index in [9.17, 15) is 0 Å². The van der Waals surface area contributed by atoms with E-state index in [1.807, 2.05) is 22.7 Å². The molecule has 3 nitrogen and oxygen atoms in total. The van der Waals surface area contributed by atoms with E-state index in [0.717, 1.165) is 17.3 Å². The Kier molecular flexibility index (Phi) is 7.08. The molecule has 4 aromatic heterocycles. The highest BCUT2D eigenvalue weighted by atomic mass is 32.1. The Bertz CT molecular complexity index is 2550. The van der Waals surface area contributed by atoms with Crippen molar-refractivity contribution in [3.8, 4) is 22.5 Å². The molecule has 9 rings (SSSR count). The third-order valence-electron chi connectivity index (χ3n) is 9.90. The number of pyridine rings is 2. The molecule has 0 aliphatic heterocycles. The summed E-state index contributed by atoms with van der Waals surface area (Å²) in [7, 11) is 4.41. The minimum absolute atomic E-state index is 1.09. The Morgan fingerprint density at radius 2 is 0.878 bits per heavy atom. The van der Waals surface area contributed by atoms with Gasteiger partial charge in [0, 0.05) is 63.6 Å². The van der Waals surface area contributed by atoms with Crippen LogP contribution in [0.15, 0.2) is 140 Å². The van der Waals surface area contributed by atoms with Gasteiger partial charge in [0.1, 0.15) is 17.1 Å². The number of aromatic nitrogens is 2. The maximum Gasteiger partial charge on any atom is 0.290 e. The van der Waals surface area contributed by atoms with Gasteiger partial charge in [-0.3, -0.25) is 0 Å². The number of fused-ring (bicyclic) bond motifs is 6. The molecule has 0 N–H and O–H groups in total. The average molecular weight is 670 g/mol. The van der Waals surface area contributed by atoms with Gasteiger partial charge in [-0.1, -0.05) is 78.9 Å². The summed E-state index contributed by atoms with van der Waals surface area (Å²) < 4.78 is 10.0. The van der Waals surface area contributed by atoms with Crippen LogP contribution in [0.3, 0.4) is 0 Å². The first kappa shape index (κ1) is 29.8. The SMILES string of the molecule is Cc1ccc2c(sc3ccccc32)c1-c1cccc(N(c2ccccc2)c2cccc(-c3c(C)ccc4c3sc3ccccc34)[n+]2C)[n+]1C. The Balaban J connectivity index is 1.27. The van der Waals surface area contributed by atoms with Crippen molar-refractivity contribution in [1.82, 2.24) is 0 Å². The highest BCUT2D eigenvalue weighted by Gasteiger charge is 2.31. The summed E-state index contributed by atoms with van der Waals surface area (Å²) in [6.07, 6.45) is 0. The summed E-state index contributed by atoms with van der Waals surface area (Å²) in [6.45, 7) is 4.47. The molecule has 5 heteroatoms. The Labute approximate surface area is 294 Å². The minimum atomic E-state index is 1.09. The van der Waals surface area contributed by atoms with Gasteiger partial charge in [0.05, 0.1) is 14.1 Å². The molecule has 9 aromatic rings. The predicted octanol–water partition coefficient (Wildman–Crippen LogP) is 11.5. The van der Waals surface area contributed by atoms with Crippen LogP contribution in [0, 0.1) is 13.8 Å². The van der Waals surface area contributed by atoms with Gasteiger partial charge in [-0.15, -0.1) is 22.7 Å². The number of anilines is 3. The van der Waals surface area contributed by atoms with Crippen molar-refractivity contribution in [3.63, 3.8) is 0 Å². The highest BCUT2D eigenvalue weighted by molar-refractivity contribution is 7.26. The summed E-state index contributed by atoms with van der Waals surface area (Å²) in [5.41, 5.74) is 8.63. The molecular weight excluding hydrogens is 635 g/mol. The largest absolute Gasteiger partial charge is 0.290 e. The maximum absolute atomic E-state index is 2.40. The lowest BCUT2D eigenvalue weighted by Crippen LogP contribution is -2.43. The van der Waals surface area contributed by atoms with Crippen LogP contribution in [0.2, 0.25) is 0 Å². The molecule has 0 saturated carbocycles. The van der Waals surface area contributed by atoms with E-state index in [1.165, 1.54) is 74.0 Å². The van der Waals surface area contributed by atoms with E-state index < -0.39 is 0 Å². The fourth-order valence-electron chi connectivity index (χ4n) is 7.47. The molecule has 0 aliphatic rings. The summed E-state index contributed by atoms with van der Waals surface area (Å²) in [5, 5.41) is 5.27. The van der Waals surface area contributed by atoms with Gasteiger partial charge in [-0.05, 0) is 73.5 Å². The molecule has 0 saturated heterocycles. The molecule has 0 radical (unpaired) electrons. The van der Waals surface area contributed by atoms with Crippen molar-refractivity contribution in [2.75, 3.05) is 4.90 Å². The topological polar surface area (TPSA) is 11.0 Å². The van der Waals surface area contributed by atoms with Gasteiger partial charge in [-0.2, -0.15) is 4.90 Å². The zero-order valence-corrected chi connectivity index (χ0v) is 29.6. The minimum Gasteiger partial charge on any atom is -0.229 e. The number of para-hydroxylation sites is 1. The predicted molar refractivity (Wildman–Crippen MR) is 210 cm³/mol. The van der Waals surface area contributed by atoms with Gasteiger partial charge in [0.2, 0.25) is 0 Å². The van der Waals surface area contributed by atoms with E-state index in [4.69, 9.17) is 0 Å². The van der Waals surface area contributed by atoms with Gasteiger partial charge in [0.15, 0.2) is 0 Å². The standard InChI is InChI=1S/C44H35N3S2/c1-28-24-26-33-31-16-8-10-20-37(31)48-43(33)41(28)35-18-12-22-39(45(35)3)47(30-14-6-5-7-15-30)40-23-13-19-36(46(40)4)42-29(2)25-27-34-32-17-9-11-21-38(32)49-44(34)42/h5-27H,1-4H3/q+2. The molecule has 5 aromatic carbocycles. The quantitative estimate of drug-likeness (QED) is 0.166. The maximum atomic E-state index is 2.40. The first-order valence-corrected chi connectivity index (χ1v) is 18.3. The lowest BCUT2D eigenvalue weighted by Gasteiger charge is -2.21. The zero-order chi connectivity index (χ0) is 33.2. The normalized spacial score (nSPS) is 11.7. The summed E-state index contributed by atoms with van der Waals surface area (Å²) in [4.78, 5) is 2.40. The number of hydrogen-bond acceptors (Lipinski definition) is 3. The van der Waals surface area contributed by atoms with Crippen LogP contribution in [0.1, 0.15) is 11.1 Å². The molecule has 0 atom stereocenters. The van der Waals surface area contributed by atoms with Crippen LogP contribution in [0.5, 0.6) is 0 Å². The van der Waals surface area contributed by atoms with Gasteiger partial charge < -0.3 is 0 Å². The molecule has 4 heterocycles. The second kappa shape index (κ2) is 11.7. The molecule has 0 amide bonds. The summed E-state index contributed by atoms with van der Waals surface area (Å²) >= 11 is 3.78. The number of benzene rings is 5. The first-order chi connectivity index (χ1) is 24.0. The van der Waals surface area contributed by atoms with Crippen molar-refractivity contribution in [3.05, 3.63) is 151 Å². The zero-order valence-electron chi connectivity index (χ0n) is 27.9. The Hall–Kier alpha value is -5.36. The van der Waals surface area contributed by atoms with E-state index in [1.54, 1.807) is 0 Å². The fourth-order valence-corrected chi connectivity index (χ4v) is 10.1. The molecule has 0 unspecified atom stereocenters. The highest BCUT2D eigenvalue weighted by Crippen LogP contribution is 2.43. The molecule has 0 fully saturated rings. The van der Waals surface area contributed by atoms with E-state index >= 15 is 0 Å². The number of rotatable bonds is 5. The third kappa shape index (κ3) is 4.68. The van der Waals surface area contributed by atoms with Gasteiger partial charge in [0.25, 0.3) is 11.6 Å². The van der Waals surface area contributed by atoms with Crippen LogP contribution in [-0.4, -0.2) is 0 Å². The van der Waals surface area contributed by atoms with Crippen LogP contribution in [0.4, 0.5) is 17.3 Å². The summed E-state index contributed by atoms with van der Waals surface area (Å²) in [6, 6.07) is 50.8. The van der Waals surface area contributed by atoms with E-state index in [-0.39, 0.29) is 0 Å². The molecule has 0 aliphatic carbocycles. The molecule has 236 valence electrons. The summed E-state index contributed by atoms with van der Waals surface area (Å²) in [5.74, 6) is 2.18. The average Bonchev–Trinajstić information content (AvgIpc) is 3.69.